The van der Waals surface area contributed by atoms with E-state index in [9.17, 15) is 0 Å². The van der Waals surface area contributed by atoms with Crippen molar-refractivity contribution in [3.63, 3.8) is 0 Å². The summed E-state index contributed by atoms with van der Waals surface area (Å²) in [6.07, 6.45) is 0. The van der Waals surface area contributed by atoms with Gasteiger partial charge in [-0.1, -0.05) is 18.1 Å². The second-order valence-corrected chi connectivity index (χ2v) is 1.70. The lowest BCUT2D eigenvalue weighted by Crippen LogP contribution is -2.31. The van der Waals surface area contributed by atoms with Gasteiger partial charge in [-0.2, -0.15) is 0 Å². The van der Waals surface area contributed by atoms with Crippen molar-refractivity contribution in [3.05, 3.63) is 24.2 Å². The number of benzene rings is 1. The summed E-state index contributed by atoms with van der Waals surface area (Å²) in [5, 5.41) is 17.7. The van der Waals surface area contributed by atoms with Gasteiger partial charge in [-0.25, -0.2) is 0 Å². The van der Waals surface area contributed by atoms with E-state index in [4.69, 9.17) is 21.3 Å². The average molecular weight is 141 g/mol. The van der Waals surface area contributed by atoms with Crippen LogP contribution in [-0.2, 0) is 0 Å². The van der Waals surface area contributed by atoms with Gasteiger partial charge in [0.2, 0.25) is 0 Å². The molecule has 1 rings (SSSR count). The molecule has 52 valence electrons. The maximum atomic E-state index is 8.85. The normalized spacial score (nSPS) is 15.0. The van der Waals surface area contributed by atoms with Gasteiger partial charge >= 0.3 is 7.12 Å². The van der Waals surface area contributed by atoms with Gasteiger partial charge in [-0.15, -0.1) is 0 Å². The van der Waals surface area contributed by atoms with E-state index in [2.05, 4.69) is 0 Å². The van der Waals surface area contributed by atoms with E-state index in [1.54, 1.807) is 0 Å². The molecule has 0 aliphatic heterocycles. The molecule has 1 aromatic rings. The molecule has 0 spiro atoms. The van der Waals surface area contributed by atoms with Crippen molar-refractivity contribution < 1.29 is 15.5 Å². The van der Waals surface area contributed by atoms with Crippen molar-refractivity contribution in [3.8, 4) is 0 Å². The monoisotopic (exact) mass is 141 g/mol. The van der Waals surface area contributed by atoms with Crippen LogP contribution in [0.2, 0.25) is 0 Å². The Bertz CT molecular complexity index is 356. The Morgan fingerprint density at radius 3 is 2.60 bits per heavy atom. The summed E-state index contributed by atoms with van der Waals surface area (Å²) in [7, 11) is -2.00. The Morgan fingerprint density at radius 2 is 2.00 bits per heavy atom. The van der Waals surface area contributed by atoms with Gasteiger partial charge in [0.05, 0.1) is 5.48 Å². The lowest BCUT2D eigenvalue weighted by atomic mass is 9.79. The standard InChI is InChI=1S/C6H8BNO2/c8-6-4-2-1-3-5(6)7(9)10/h1-4,9-10H,8H2/i1D,2D,3D,4D. The van der Waals surface area contributed by atoms with Crippen LogP contribution in [0, 0.1) is 0 Å². The Balaban J connectivity index is 3.60. The molecule has 0 atom stereocenters. The molecule has 0 aromatic heterocycles. The lowest BCUT2D eigenvalue weighted by Gasteiger charge is -2.01. The molecule has 0 amide bonds. The summed E-state index contributed by atoms with van der Waals surface area (Å²) in [6.45, 7) is 0. The molecule has 0 bridgehead atoms. The predicted molar refractivity (Wildman–Crippen MR) is 40.7 cm³/mol. The maximum Gasteiger partial charge on any atom is 0.490 e. The van der Waals surface area contributed by atoms with Gasteiger partial charge in [0.15, 0.2) is 0 Å². The number of hydrogen-bond acceptors (Lipinski definition) is 3. The number of rotatable bonds is 1. The Hall–Kier alpha value is -0.995. The molecule has 4 heteroatoms. The summed E-state index contributed by atoms with van der Waals surface area (Å²) < 4.78 is 29.1. The first-order chi connectivity index (χ1) is 6.37. The van der Waals surface area contributed by atoms with Crippen molar-refractivity contribution in [2.45, 2.75) is 0 Å². The van der Waals surface area contributed by atoms with Gasteiger partial charge < -0.3 is 15.8 Å². The molecule has 4 N–H and O–H groups in total. The first-order valence-corrected chi connectivity index (χ1v) is 2.59. The minimum absolute atomic E-state index is 0.342. The molecule has 10 heavy (non-hydrogen) atoms. The van der Waals surface area contributed by atoms with Crippen LogP contribution in [0.3, 0.4) is 0 Å². The van der Waals surface area contributed by atoms with Crippen molar-refractivity contribution in [2.75, 3.05) is 5.73 Å². The minimum Gasteiger partial charge on any atom is -0.423 e. The highest BCUT2D eigenvalue weighted by molar-refractivity contribution is 6.60. The third-order valence-electron chi connectivity index (χ3n) is 1.01. The Kier molecular flexibility index (Phi) is 0.930. The third kappa shape index (κ3) is 1.29. The summed E-state index contributed by atoms with van der Waals surface area (Å²) in [6, 6.07) is -2.02. The number of nitrogens with two attached hydrogens (primary N) is 1. The molecular formula is C6H8BNO2. The molecule has 0 heterocycles. The Morgan fingerprint density at radius 1 is 1.40 bits per heavy atom. The molecule has 0 saturated heterocycles. The van der Waals surface area contributed by atoms with E-state index in [-0.39, 0.29) is 5.69 Å². The fraction of sp³-hybridized carbons (Fsp3) is 0. The van der Waals surface area contributed by atoms with Crippen molar-refractivity contribution in [1.29, 1.82) is 0 Å². The minimum atomic E-state index is -2.00. The van der Waals surface area contributed by atoms with Crippen molar-refractivity contribution in [2.24, 2.45) is 0 Å². The van der Waals surface area contributed by atoms with Crippen LogP contribution < -0.4 is 11.2 Å². The summed E-state index contributed by atoms with van der Waals surface area (Å²) in [4.78, 5) is 0. The van der Waals surface area contributed by atoms with Crippen LogP contribution >= 0.6 is 0 Å². The number of nitrogen functional groups attached to an aromatic ring is 1. The number of para-hydroxylation sites is 1. The molecule has 0 aliphatic rings. The zero-order chi connectivity index (χ0) is 11.0. The molecule has 1 aromatic carbocycles. The Labute approximate surface area is 64.9 Å². The highest BCUT2D eigenvalue weighted by Crippen LogP contribution is 1.95. The van der Waals surface area contributed by atoms with E-state index in [0.29, 0.717) is 0 Å². The van der Waals surface area contributed by atoms with E-state index in [1.165, 1.54) is 0 Å². The molecule has 0 radical (unpaired) electrons. The highest BCUT2D eigenvalue weighted by Gasteiger charge is 2.12. The van der Waals surface area contributed by atoms with Gasteiger partial charge in [0.25, 0.3) is 0 Å². The SMILES string of the molecule is [2H]c1c([2H])c([2H])c(B(O)O)c(N)c1[2H]. The fourth-order valence-electron chi connectivity index (χ4n) is 0.535. The summed E-state index contributed by atoms with van der Waals surface area (Å²) in [5.41, 5.74) is 4.59. The van der Waals surface area contributed by atoms with E-state index < -0.39 is 36.8 Å². The van der Waals surface area contributed by atoms with Crippen molar-refractivity contribution in [1.82, 2.24) is 0 Å². The van der Waals surface area contributed by atoms with Crippen LogP contribution in [0.4, 0.5) is 5.69 Å². The topological polar surface area (TPSA) is 66.5 Å². The highest BCUT2D eigenvalue weighted by atomic mass is 16.4. The van der Waals surface area contributed by atoms with E-state index in [1.807, 2.05) is 0 Å². The molecule has 0 fully saturated rings. The van der Waals surface area contributed by atoms with E-state index in [0.717, 1.165) is 0 Å². The lowest BCUT2D eigenvalue weighted by molar-refractivity contribution is 0.426. The largest absolute Gasteiger partial charge is 0.490 e. The molecule has 0 aliphatic carbocycles. The van der Waals surface area contributed by atoms with Crippen LogP contribution in [0.25, 0.3) is 0 Å². The molecule has 0 unspecified atom stereocenters. The zero-order valence-electron chi connectivity index (χ0n) is 9.05. The number of anilines is 1. The van der Waals surface area contributed by atoms with Gasteiger partial charge in [-0.05, 0) is 6.04 Å². The summed E-state index contributed by atoms with van der Waals surface area (Å²) >= 11 is 0. The average Bonchev–Trinajstić information content (AvgIpc) is 2.11. The third-order valence-corrected chi connectivity index (χ3v) is 1.01. The first-order valence-electron chi connectivity index (χ1n) is 4.59. The quantitative estimate of drug-likeness (QED) is 0.345. The van der Waals surface area contributed by atoms with Crippen LogP contribution in [0.5, 0.6) is 0 Å². The van der Waals surface area contributed by atoms with Crippen LogP contribution in [0.1, 0.15) is 5.48 Å². The van der Waals surface area contributed by atoms with Gasteiger partial charge in [-0.3, -0.25) is 0 Å². The van der Waals surface area contributed by atoms with Gasteiger partial charge in [0.1, 0.15) is 0 Å². The van der Waals surface area contributed by atoms with E-state index >= 15 is 0 Å². The molecular weight excluding hydrogens is 129 g/mol. The maximum absolute atomic E-state index is 8.85. The molecule has 3 nitrogen and oxygen atoms in total. The summed E-state index contributed by atoms with van der Waals surface area (Å²) in [5.74, 6) is 0. The fourth-order valence-corrected chi connectivity index (χ4v) is 0.535. The zero-order valence-corrected chi connectivity index (χ0v) is 5.05. The molecule has 0 saturated carbocycles. The van der Waals surface area contributed by atoms with Crippen molar-refractivity contribution >= 4 is 18.3 Å². The van der Waals surface area contributed by atoms with Crippen LogP contribution in [0.15, 0.2) is 24.2 Å². The number of hydrogen-bond donors (Lipinski definition) is 3. The van der Waals surface area contributed by atoms with Gasteiger partial charge in [0, 0.05) is 11.2 Å². The predicted octanol–water partition coefficient (Wildman–Crippen LogP) is -1.05. The van der Waals surface area contributed by atoms with Crippen LogP contribution in [-0.4, -0.2) is 17.2 Å². The second kappa shape index (κ2) is 2.73. The first kappa shape index (κ1) is 3.41. The smallest absolute Gasteiger partial charge is 0.423 e. The second-order valence-electron chi connectivity index (χ2n) is 1.70.